The van der Waals surface area contributed by atoms with Crippen LogP contribution < -0.4 is 5.32 Å². The van der Waals surface area contributed by atoms with Gasteiger partial charge in [-0.1, -0.05) is 74.8 Å². The third-order valence-corrected chi connectivity index (χ3v) is 5.70. The molecule has 2 N–H and O–H groups in total. The maximum atomic E-state index is 12.4. The third kappa shape index (κ3) is 5.41. The van der Waals surface area contributed by atoms with Gasteiger partial charge in [0, 0.05) is 23.2 Å². The summed E-state index contributed by atoms with van der Waals surface area (Å²) in [6.45, 7) is 6.69. The Morgan fingerprint density at radius 2 is 1.65 bits per heavy atom. The average Bonchev–Trinajstić information content (AvgIpc) is 2.83. The zero-order chi connectivity index (χ0) is 24.3. The zero-order valence-corrected chi connectivity index (χ0v) is 20.0. The van der Waals surface area contributed by atoms with E-state index in [0.717, 1.165) is 16.7 Å². The number of nitrogens with one attached hydrogen (secondary N) is 1. The smallest absolute Gasteiger partial charge is 0.318 e. The molecule has 0 fully saturated rings. The van der Waals surface area contributed by atoms with Gasteiger partial charge in [-0.05, 0) is 46.9 Å². The second kappa shape index (κ2) is 9.61. The van der Waals surface area contributed by atoms with Crippen LogP contribution in [-0.2, 0) is 12.0 Å². The van der Waals surface area contributed by atoms with E-state index in [1.54, 1.807) is 24.3 Å². The van der Waals surface area contributed by atoms with Crippen molar-refractivity contribution in [3.8, 4) is 28.8 Å². The Labute approximate surface area is 203 Å². The topological polar surface area (TPSA) is 88.0 Å². The van der Waals surface area contributed by atoms with Crippen LogP contribution in [0.15, 0.2) is 72.8 Å². The highest BCUT2D eigenvalue weighted by Crippen LogP contribution is 2.30. The summed E-state index contributed by atoms with van der Waals surface area (Å²) >= 11 is 6.46. The molecule has 0 saturated heterocycles. The molecule has 0 aliphatic heterocycles. The van der Waals surface area contributed by atoms with Crippen molar-refractivity contribution in [2.75, 3.05) is 0 Å². The normalized spacial score (nSPS) is 11.3. The SMILES string of the molecule is CC(C)(C)c1cccc(-c2nc(O)nc(-c3cc(CNC(=O)c4ccccc4)ccc3Cl)n2)c1. The van der Waals surface area contributed by atoms with Crippen LogP contribution in [0.4, 0.5) is 0 Å². The van der Waals surface area contributed by atoms with Crippen molar-refractivity contribution >= 4 is 17.5 Å². The lowest BCUT2D eigenvalue weighted by molar-refractivity contribution is 0.0951. The maximum absolute atomic E-state index is 12.4. The third-order valence-electron chi connectivity index (χ3n) is 5.37. The lowest BCUT2D eigenvalue weighted by Crippen LogP contribution is -2.22. The van der Waals surface area contributed by atoms with E-state index in [1.165, 1.54) is 0 Å². The molecule has 34 heavy (non-hydrogen) atoms. The minimum Gasteiger partial charge on any atom is -0.479 e. The fourth-order valence-electron chi connectivity index (χ4n) is 3.47. The Morgan fingerprint density at radius 1 is 0.912 bits per heavy atom. The van der Waals surface area contributed by atoms with Gasteiger partial charge in [-0.2, -0.15) is 9.97 Å². The zero-order valence-electron chi connectivity index (χ0n) is 19.2. The number of rotatable bonds is 5. The molecule has 1 amide bonds. The van der Waals surface area contributed by atoms with Crippen LogP contribution in [0.25, 0.3) is 22.8 Å². The molecule has 3 aromatic carbocycles. The van der Waals surface area contributed by atoms with Gasteiger partial charge in [0.1, 0.15) is 0 Å². The fourth-order valence-corrected chi connectivity index (χ4v) is 3.67. The number of aromatic hydroxyl groups is 1. The maximum Gasteiger partial charge on any atom is 0.318 e. The van der Waals surface area contributed by atoms with Gasteiger partial charge in [-0.25, -0.2) is 4.98 Å². The molecular formula is C27H25ClN4O2. The second-order valence-corrected chi connectivity index (χ2v) is 9.38. The van der Waals surface area contributed by atoms with Crippen molar-refractivity contribution in [1.82, 2.24) is 20.3 Å². The summed E-state index contributed by atoms with van der Waals surface area (Å²) in [7, 11) is 0. The number of amides is 1. The summed E-state index contributed by atoms with van der Waals surface area (Å²) < 4.78 is 0. The van der Waals surface area contributed by atoms with Gasteiger partial charge < -0.3 is 10.4 Å². The molecule has 0 bridgehead atoms. The average molecular weight is 473 g/mol. The van der Waals surface area contributed by atoms with Crippen LogP contribution in [0.2, 0.25) is 5.02 Å². The molecule has 172 valence electrons. The molecule has 1 aromatic heterocycles. The van der Waals surface area contributed by atoms with E-state index in [9.17, 15) is 9.90 Å². The highest BCUT2D eigenvalue weighted by atomic mass is 35.5. The molecule has 1 heterocycles. The quantitative estimate of drug-likeness (QED) is 0.383. The summed E-state index contributed by atoms with van der Waals surface area (Å²) in [6.07, 6.45) is 0. The molecule has 7 heteroatoms. The van der Waals surface area contributed by atoms with E-state index in [2.05, 4.69) is 47.1 Å². The standard InChI is InChI=1S/C27H25ClN4O2/c1-27(2,3)20-11-7-10-19(15-20)23-30-24(32-26(34)31-23)21-14-17(12-13-22(21)28)16-29-25(33)18-8-5-4-6-9-18/h4-15H,16H2,1-3H3,(H,29,33)(H,30,31,32,34). The van der Waals surface area contributed by atoms with Crippen LogP contribution >= 0.6 is 11.6 Å². The summed E-state index contributed by atoms with van der Waals surface area (Å²) in [5.74, 6) is 0.438. The van der Waals surface area contributed by atoms with Crippen molar-refractivity contribution in [3.05, 3.63) is 94.5 Å². The van der Waals surface area contributed by atoms with Gasteiger partial charge in [-0.15, -0.1) is 0 Å². The molecule has 0 spiro atoms. The predicted octanol–water partition coefficient (Wildman–Crippen LogP) is 5.79. The molecule has 4 aromatic rings. The number of carbonyl (C=O) groups is 1. The van der Waals surface area contributed by atoms with E-state index < -0.39 is 0 Å². The van der Waals surface area contributed by atoms with Crippen LogP contribution in [0.3, 0.4) is 0 Å². The first-order valence-electron chi connectivity index (χ1n) is 10.9. The molecule has 0 unspecified atom stereocenters. The highest BCUT2D eigenvalue weighted by molar-refractivity contribution is 6.33. The number of aromatic nitrogens is 3. The Morgan fingerprint density at radius 3 is 2.38 bits per heavy atom. The van der Waals surface area contributed by atoms with Gasteiger partial charge in [0.15, 0.2) is 11.6 Å². The number of hydrogen-bond donors (Lipinski definition) is 2. The van der Waals surface area contributed by atoms with Gasteiger partial charge in [0.25, 0.3) is 5.91 Å². The Kier molecular flexibility index (Phi) is 6.61. The van der Waals surface area contributed by atoms with Crippen molar-refractivity contribution in [1.29, 1.82) is 0 Å². The molecule has 0 atom stereocenters. The second-order valence-electron chi connectivity index (χ2n) is 8.98. The van der Waals surface area contributed by atoms with Crippen molar-refractivity contribution in [3.63, 3.8) is 0 Å². The minimum atomic E-state index is -0.389. The van der Waals surface area contributed by atoms with E-state index >= 15 is 0 Å². The highest BCUT2D eigenvalue weighted by Gasteiger charge is 2.17. The van der Waals surface area contributed by atoms with E-state index in [0.29, 0.717) is 28.5 Å². The molecule has 6 nitrogen and oxygen atoms in total. The number of hydrogen-bond acceptors (Lipinski definition) is 5. The molecular weight excluding hydrogens is 448 g/mol. The lowest BCUT2D eigenvalue weighted by atomic mass is 9.86. The first-order chi connectivity index (χ1) is 16.2. The minimum absolute atomic E-state index is 0.0459. The van der Waals surface area contributed by atoms with Crippen LogP contribution in [0.1, 0.15) is 42.3 Å². The van der Waals surface area contributed by atoms with E-state index in [4.69, 9.17) is 11.6 Å². The van der Waals surface area contributed by atoms with Crippen molar-refractivity contribution in [2.45, 2.75) is 32.7 Å². The summed E-state index contributed by atoms with van der Waals surface area (Å²) in [5, 5.41) is 13.6. The summed E-state index contributed by atoms with van der Waals surface area (Å²) in [6, 6.07) is 21.9. The summed E-state index contributed by atoms with van der Waals surface area (Å²) in [4.78, 5) is 25.2. The fraction of sp³-hybridized carbons (Fsp3) is 0.185. The van der Waals surface area contributed by atoms with Gasteiger partial charge in [0.05, 0.1) is 5.02 Å². The number of benzene rings is 3. The first-order valence-corrected chi connectivity index (χ1v) is 11.3. The van der Waals surface area contributed by atoms with Gasteiger partial charge in [-0.3, -0.25) is 4.79 Å². The van der Waals surface area contributed by atoms with Gasteiger partial charge >= 0.3 is 6.01 Å². The van der Waals surface area contributed by atoms with E-state index in [1.807, 2.05) is 42.5 Å². The predicted molar refractivity (Wildman–Crippen MR) is 134 cm³/mol. The number of carbonyl (C=O) groups excluding carboxylic acids is 1. The number of nitrogens with zero attached hydrogens (tertiary/aromatic N) is 3. The van der Waals surface area contributed by atoms with E-state index in [-0.39, 0.29) is 23.2 Å². The molecule has 4 rings (SSSR count). The van der Waals surface area contributed by atoms with Crippen molar-refractivity contribution < 1.29 is 9.90 Å². The monoisotopic (exact) mass is 472 g/mol. The Balaban J connectivity index is 1.63. The first kappa shape index (κ1) is 23.4. The molecule has 0 aliphatic carbocycles. The van der Waals surface area contributed by atoms with Crippen LogP contribution in [-0.4, -0.2) is 26.0 Å². The lowest BCUT2D eigenvalue weighted by Gasteiger charge is -2.19. The number of halogens is 1. The van der Waals surface area contributed by atoms with Crippen LogP contribution in [0.5, 0.6) is 6.01 Å². The van der Waals surface area contributed by atoms with Gasteiger partial charge in [0.2, 0.25) is 0 Å². The largest absolute Gasteiger partial charge is 0.479 e. The molecule has 0 saturated carbocycles. The summed E-state index contributed by atoms with van der Waals surface area (Å²) in [5.41, 5.74) is 3.80. The van der Waals surface area contributed by atoms with Crippen molar-refractivity contribution in [2.24, 2.45) is 0 Å². The molecule has 0 aliphatic rings. The Hall–Kier alpha value is -3.77. The Bertz CT molecular complexity index is 1330. The van der Waals surface area contributed by atoms with Crippen LogP contribution in [0, 0.1) is 0 Å². The molecule has 0 radical (unpaired) electrons.